The van der Waals surface area contributed by atoms with Gasteiger partial charge in [0, 0.05) is 11.9 Å². The molecule has 0 aliphatic rings. The number of hydrogen-bond donors (Lipinski definition) is 1. The average Bonchev–Trinajstić information content (AvgIpc) is 2.51. The minimum absolute atomic E-state index is 0.185. The van der Waals surface area contributed by atoms with Crippen LogP contribution in [0, 0.1) is 11.3 Å². The summed E-state index contributed by atoms with van der Waals surface area (Å²) >= 11 is 0. The van der Waals surface area contributed by atoms with Gasteiger partial charge in [0.2, 0.25) is 0 Å². The van der Waals surface area contributed by atoms with E-state index < -0.39 is 0 Å². The molecular weight excluding hydrogens is 150 g/mol. The Balaban J connectivity index is 2.75. The summed E-state index contributed by atoms with van der Waals surface area (Å²) in [5.41, 5.74) is 1.10. The van der Waals surface area contributed by atoms with E-state index in [1.807, 2.05) is 37.3 Å². The van der Waals surface area contributed by atoms with Gasteiger partial charge < -0.3 is 9.88 Å². The normalized spacial score (nSPS) is 12.8. The van der Waals surface area contributed by atoms with Crippen LogP contribution < -0.4 is 0 Å². The summed E-state index contributed by atoms with van der Waals surface area (Å²) < 4.78 is 0. The number of rotatable bonds is 3. The maximum Gasteiger partial charge on any atom is 0.0642 e. The van der Waals surface area contributed by atoms with Crippen LogP contribution in [0.3, 0.4) is 0 Å². The lowest BCUT2D eigenvalue weighted by Crippen LogP contribution is -2.19. The molecule has 3 nitrogen and oxygen atoms in total. The molecule has 0 saturated carbocycles. The predicted octanol–water partition coefficient (Wildman–Crippen LogP) is 1.53. The summed E-state index contributed by atoms with van der Waals surface area (Å²) in [7, 11) is 3.95. The molecular formula is C9H13N3. The van der Waals surface area contributed by atoms with Gasteiger partial charge in [-0.25, -0.2) is 0 Å². The summed E-state index contributed by atoms with van der Waals surface area (Å²) in [6.07, 6.45) is 2.40. The molecule has 0 spiro atoms. The molecule has 1 aromatic rings. The van der Waals surface area contributed by atoms with Gasteiger partial charge in [-0.3, -0.25) is 0 Å². The van der Waals surface area contributed by atoms with E-state index in [2.05, 4.69) is 11.1 Å². The molecule has 12 heavy (non-hydrogen) atoms. The fraction of sp³-hybridized carbons (Fsp3) is 0.444. The molecule has 0 fully saturated rings. The lowest BCUT2D eigenvalue weighted by Gasteiger charge is -2.20. The molecule has 0 aliphatic heterocycles. The second-order valence-corrected chi connectivity index (χ2v) is 2.97. The van der Waals surface area contributed by atoms with Crippen LogP contribution in [-0.4, -0.2) is 24.0 Å². The molecule has 3 heteroatoms. The van der Waals surface area contributed by atoms with Gasteiger partial charge in [0.15, 0.2) is 0 Å². The van der Waals surface area contributed by atoms with Gasteiger partial charge in [-0.05, 0) is 26.2 Å². The Kier molecular flexibility index (Phi) is 2.89. The van der Waals surface area contributed by atoms with E-state index in [9.17, 15) is 0 Å². The van der Waals surface area contributed by atoms with E-state index in [4.69, 9.17) is 5.26 Å². The predicted molar refractivity (Wildman–Crippen MR) is 47.5 cm³/mol. The van der Waals surface area contributed by atoms with Gasteiger partial charge in [-0.15, -0.1) is 0 Å². The standard InChI is InChI=1S/C9H13N3/c1-12(2)9(5-6-10)8-4-3-7-11-8/h3-4,7,9,11H,5H2,1-2H3. The third kappa shape index (κ3) is 1.86. The molecule has 64 valence electrons. The third-order valence-corrected chi connectivity index (χ3v) is 1.89. The molecule has 1 unspecified atom stereocenters. The first-order valence-electron chi connectivity index (χ1n) is 3.92. The van der Waals surface area contributed by atoms with Crippen molar-refractivity contribution in [3.63, 3.8) is 0 Å². The monoisotopic (exact) mass is 163 g/mol. The Morgan fingerprint density at radius 2 is 2.42 bits per heavy atom. The minimum atomic E-state index is 0.185. The van der Waals surface area contributed by atoms with Crippen LogP contribution in [0.15, 0.2) is 18.3 Å². The molecule has 0 aromatic carbocycles. The first-order chi connectivity index (χ1) is 5.75. The van der Waals surface area contributed by atoms with Crippen LogP contribution >= 0.6 is 0 Å². The second kappa shape index (κ2) is 3.93. The van der Waals surface area contributed by atoms with E-state index in [-0.39, 0.29) is 6.04 Å². The largest absolute Gasteiger partial charge is 0.364 e. The smallest absolute Gasteiger partial charge is 0.0642 e. The Morgan fingerprint density at radius 1 is 1.67 bits per heavy atom. The fourth-order valence-electron chi connectivity index (χ4n) is 1.21. The summed E-state index contributed by atoms with van der Waals surface area (Å²) in [5, 5.41) is 8.59. The first-order valence-corrected chi connectivity index (χ1v) is 3.92. The maximum absolute atomic E-state index is 8.59. The van der Waals surface area contributed by atoms with Crippen LogP contribution in [0.1, 0.15) is 18.2 Å². The van der Waals surface area contributed by atoms with E-state index in [0.717, 1.165) is 5.69 Å². The SMILES string of the molecule is CN(C)C(CC#N)c1ccc[nH]1. The lowest BCUT2D eigenvalue weighted by atomic mass is 10.1. The number of aromatic nitrogens is 1. The zero-order valence-electron chi connectivity index (χ0n) is 7.41. The number of aromatic amines is 1. The van der Waals surface area contributed by atoms with E-state index in [1.54, 1.807) is 0 Å². The molecule has 1 N–H and O–H groups in total. The number of hydrogen-bond acceptors (Lipinski definition) is 2. The van der Waals surface area contributed by atoms with Crippen molar-refractivity contribution < 1.29 is 0 Å². The van der Waals surface area contributed by atoms with Crippen molar-refractivity contribution in [2.75, 3.05) is 14.1 Å². The van der Waals surface area contributed by atoms with Crippen molar-refractivity contribution in [3.8, 4) is 6.07 Å². The van der Waals surface area contributed by atoms with Gasteiger partial charge in [-0.2, -0.15) is 5.26 Å². The summed E-state index contributed by atoms with van der Waals surface area (Å²) in [6.45, 7) is 0. The molecule has 0 bridgehead atoms. The highest BCUT2D eigenvalue weighted by atomic mass is 15.1. The molecule has 1 heterocycles. The average molecular weight is 163 g/mol. The van der Waals surface area contributed by atoms with E-state index >= 15 is 0 Å². The Bertz CT molecular complexity index is 256. The van der Waals surface area contributed by atoms with Crippen molar-refractivity contribution >= 4 is 0 Å². The lowest BCUT2D eigenvalue weighted by molar-refractivity contribution is 0.298. The van der Waals surface area contributed by atoms with Crippen LogP contribution in [-0.2, 0) is 0 Å². The number of nitrogens with zero attached hydrogens (tertiary/aromatic N) is 2. The zero-order valence-corrected chi connectivity index (χ0v) is 7.41. The summed E-state index contributed by atoms with van der Waals surface area (Å²) in [5.74, 6) is 0. The van der Waals surface area contributed by atoms with E-state index in [0.29, 0.717) is 6.42 Å². The maximum atomic E-state index is 8.59. The van der Waals surface area contributed by atoms with Crippen molar-refractivity contribution in [1.82, 2.24) is 9.88 Å². The third-order valence-electron chi connectivity index (χ3n) is 1.89. The fourth-order valence-corrected chi connectivity index (χ4v) is 1.21. The van der Waals surface area contributed by atoms with Gasteiger partial charge in [0.05, 0.1) is 18.5 Å². The summed E-state index contributed by atoms with van der Waals surface area (Å²) in [6, 6.07) is 6.31. The van der Waals surface area contributed by atoms with Gasteiger partial charge >= 0.3 is 0 Å². The molecule has 1 atom stereocenters. The van der Waals surface area contributed by atoms with Crippen LogP contribution in [0.4, 0.5) is 0 Å². The quantitative estimate of drug-likeness (QED) is 0.734. The van der Waals surface area contributed by atoms with Gasteiger partial charge in [0.1, 0.15) is 0 Å². The van der Waals surface area contributed by atoms with Crippen LogP contribution in [0.5, 0.6) is 0 Å². The highest BCUT2D eigenvalue weighted by Crippen LogP contribution is 2.18. The van der Waals surface area contributed by atoms with Gasteiger partial charge in [-0.1, -0.05) is 0 Å². The second-order valence-electron chi connectivity index (χ2n) is 2.97. The summed E-state index contributed by atoms with van der Waals surface area (Å²) in [4.78, 5) is 5.15. The number of nitriles is 1. The first kappa shape index (κ1) is 8.82. The van der Waals surface area contributed by atoms with Gasteiger partial charge in [0.25, 0.3) is 0 Å². The Hall–Kier alpha value is -1.27. The molecule has 1 rings (SSSR count). The molecule has 0 amide bonds. The van der Waals surface area contributed by atoms with E-state index in [1.165, 1.54) is 0 Å². The topological polar surface area (TPSA) is 42.8 Å². The molecule has 0 aliphatic carbocycles. The number of H-pyrrole nitrogens is 1. The Labute approximate surface area is 72.6 Å². The van der Waals surface area contributed by atoms with Crippen molar-refractivity contribution in [1.29, 1.82) is 5.26 Å². The van der Waals surface area contributed by atoms with Crippen LogP contribution in [0.25, 0.3) is 0 Å². The molecule has 1 aromatic heterocycles. The zero-order chi connectivity index (χ0) is 8.97. The highest BCUT2D eigenvalue weighted by Gasteiger charge is 2.13. The van der Waals surface area contributed by atoms with Crippen molar-refractivity contribution in [3.05, 3.63) is 24.0 Å². The van der Waals surface area contributed by atoms with Crippen molar-refractivity contribution in [2.45, 2.75) is 12.5 Å². The van der Waals surface area contributed by atoms with Crippen molar-refractivity contribution in [2.24, 2.45) is 0 Å². The number of nitrogens with one attached hydrogen (secondary N) is 1. The Morgan fingerprint density at radius 3 is 2.83 bits per heavy atom. The molecule has 0 saturated heterocycles. The minimum Gasteiger partial charge on any atom is -0.364 e. The van der Waals surface area contributed by atoms with Crippen LogP contribution in [0.2, 0.25) is 0 Å². The highest BCUT2D eigenvalue weighted by molar-refractivity contribution is 5.10. The molecule has 0 radical (unpaired) electrons.